The van der Waals surface area contributed by atoms with Crippen LogP contribution < -0.4 is 4.90 Å². The maximum atomic E-state index is 11.2. The minimum absolute atomic E-state index is 0.216. The number of anilines is 1. The monoisotopic (exact) mass is 291 g/mol. The minimum atomic E-state index is -0.890. The summed E-state index contributed by atoms with van der Waals surface area (Å²) in [5.74, 6) is -0.675. The van der Waals surface area contributed by atoms with Gasteiger partial charge in [0.05, 0.1) is 0 Å². The Bertz CT molecular complexity index is 621. The number of rotatable bonds is 5. The van der Waals surface area contributed by atoms with Gasteiger partial charge in [-0.15, -0.1) is 11.3 Å². The van der Waals surface area contributed by atoms with E-state index in [1.165, 1.54) is 11.3 Å². The normalized spacial score (nSPS) is 10.5. The third-order valence-electron chi connectivity index (χ3n) is 3.22. The third kappa shape index (κ3) is 2.93. The first-order chi connectivity index (χ1) is 9.52. The molecule has 4 nitrogen and oxygen atoms in total. The highest BCUT2D eigenvalue weighted by atomic mass is 32.1. The topological polar surface area (TPSA) is 60.8 Å². The predicted octanol–water partition coefficient (Wildman–Crippen LogP) is 3.49. The average Bonchev–Trinajstić information content (AvgIpc) is 2.87. The maximum absolute atomic E-state index is 11.2. The van der Waals surface area contributed by atoms with E-state index in [1.807, 2.05) is 26.0 Å². The Balaban J connectivity index is 2.31. The summed E-state index contributed by atoms with van der Waals surface area (Å²) >= 11 is 1.24. The van der Waals surface area contributed by atoms with Crippen molar-refractivity contribution in [2.75, 3.05) is 11.4 Å². The van der Waals surface area contributed by atoms with Gasteiger partial charge in [-0.05, 0) is 42.5 Å². The van der Waals surface area contributed by atoms with Crippen molar-refractivity contribution in [3.63, 3.8) is 0 Å². The minimum Gasteiger partial charge on any atom is -0.508 e. The smallest absolute Gasteiger partial charge is 0.346 e. The lowest BCUT2D eigenvalue weighted by Gasteiger charge is -2.25. The lowest BCUT2D eigenvalue weighted by Crippen LogP contribution is -2.23. The third-order valence-corrected chi connectivity index (χ3v) is 4.16. The maximum Gasteiger partial charge on any atom is 0.346 e. The van der Waals surface area contributed by atoms with Gasteiger partial charge in [-0.1, -0.05) is 6.07 Å². The second kappa shape index (κ2) is 5.96. The first-order valence-corrected chi connectivity index (χ1v) is 7.25. The lowest BCUT2D eigenvalue weighted by atomic mass is 10.1. The number of aromatic carboxylic acids is 1. The first-order valence-electron chi connectivity index (χ1n) is 6.37. The van der Waals surface area contributed by atoms with E-state index in [0.29, 0.717) is 11.4 Å². The van der Waals surface area contributed by atoms with Gasteiger partial charge in [-0.3, -0.25) is 0 Å². The van der Waals surface area contributed by atoms with Gasteiger partial charge in [0.2, 0.25) is 0 Å². The number of hydrogen-bond donors (Lipinski definition) is 2. The van der Waals surface area contributed by atoms with Crippen LogP contribution in [0.25, 0.3) is 0 Å². The van der Waals surface area contributed by atoms with Crippen molar-refractivity contribution in [3.05, 3.63) is 45.6 Å². The summed E-state index contributed by atoms with van der Waals surface area (Å²) in [5.41, 5.74) is 2.78. The van der Waals surface area contributed by atoms with Gasteiger partial charge < -0.3 is 15.1 Å². The summed E-state index contributed by atoms with van der Waals surface area (Å²) in [6.07, 6.45) is 0. The van der Waals surface area contributed by atoms with Crippen molar-refractivity contribution in [1.29, 1.82) is 0 Å². The van der Waals surface area contributed by atoms with Crippen LogP contribution in [-0.2, 0) is 6.54 Å². The molecule has 2 rings (SSSR count). The summed E-state index contributed by atoms with van der Waals surface area (Å²) in [6, 6.07) is 7.07. The van der Waals surface area contributed by atoms with Crippen molar-refractivity contribution in [2.24, 2.45) is 0 Å². The van der Waals surface area contributed by atoms with E-state index in [-0.39, 0.29) is 5.75 Å². The Hall–Kier alpha value is -2.01. The Morgan fingerprint density at radius 3 is 2.75 bits per heavy atom. The Labute approximate surface area is 121 Å². The van der Waals surface area contributed by atoms with Crippen LogP contribution in [0.5, 0.6) is 5.75 Å². The quantitative estimate of drug-likeness (QED) is 0.885. The van der Waals surface area contributed by atoms with Gasteiger partial charge in [0.1, 0.15) is 10.6 Å². The number of phenols is 1. The fourth-order valence-electron chi connectivity index (χ4n) is 2.16. The zero-order valence-electron chi connectivity index (χ0n) is 11.5. The number of aryl methyl sites for hydroxylation is 1. The number of benzene rings is 1. The molecule has 0 aliphatic rings. The number of carboxylic acids is 1. The van der Waals surface area contributed by atoms with Crippen LogP contribution in [0.15, 0.2) is 29.6 Å². The molecule has 0 saturated carbocycles. The highest BCUT2D eigenvalue weighted by Crippen LogP contribution is 2.27. The van der Waals surface area contributed by atoms with Crippen LogP contribution in [0.2, 0.25) is 0 Å². The fraction of sp³-hybridized carbons (Fsp3) is 0.267. The van der Waals surface area contributed by atoms with Crippen molar-refractivity contribution < 1.29 is 15.0 Å². The molecule has 0 aliphatic heterocycles. The number of carbonyl (C=O) groups is 1. The molecule has 106 valence electrons. The summed E-state index contributed by atoms with van der Waals surface area (Å²) in [7, 11) is 0. The van der Waals surface area contributed by atoms with Crippen LogP contribution in [0.4, 0.5) is 5.69 Å². The fourth-order valence-corrected chi connectivity index (χ4v) is 2.91. The standard InChI is InChI=1S/C15H17NO3S/c1-3-16(13-8-12(17)5-4-10(13)2)9-11-6-7-20-14(11)15(18)19/h4-8,17H,3,9H2,1-2H3,(H,18,19). The van der Waals surface area contributed by atoms with Crippen LogP contribution in [0.3, 0.4) is 0 Å². The molecule has 0 fully saturated rings. The Morgan fingerprint density at radius 1 is 1.35 bits per heavy atom. The molecule has 2 aromatic rings. The SMILES string of the molecule is CCN(Cc1ccsc1C(=O)O)c1cc(O)ccc1C. The number of thiophene rings is 1. The lowest BCUT2D eigenvalue weighted by molar-refractivity contribution is 0.0701. The molecule has 1 aromatic carbocycles. The summed E-state index contributed by atoms with van der Waals surface area (Å²) in [5, 5.41) is 20.6. The molecule has 0 unspecified atom stereocenters. The number of nitrogens with zero attached hydrogens (tertiary/aromatic N) is 1. The molecule has 0 bridgehead atoms. The Kier molecular flexibility index (Phi) is 4.29. The average molecular weight is 291 g/mol. The van der Waals surface area contributed by atoms with Gasteiger partial charge in [-0.2, -0.15) is 0 Å². The van der Waals surface area contributed by atoms with Gasteiger partial charge in [0.25, 0.3) is 0 Å². The molecule has 0 spiro atoms. The molecule has 2 N–H and O–H groups in total. The molecule has 0 amide bonds. The molecule has 5 heteroatoms. The largest absolute Gasteiger partial charge is 0.508 e. The summed E-state index contributed by atoms with van der Waals surface area (Å²) < 4.78 is 0. The summed E-state index contributed by atoms with van der Waals surface area (Å²) in [4.78, 5) is 13.6. The predicted molar refractivity (Wildman–Crippen MR) is 80.8 cm³/mol. The molecule has 1 aromatic heterocycles. The van der Waals surface area contributed by atoms with Gasteiger partial charge in [0, 0.05) is 24.8 Å². The number of carboxylic acid groups (broad SMARTS) is 1. The molecule has 0 atom stereocenters. The Morgan fingerprint density at radius 2 is 2.10 bits per heavy atom. The van der Waals surface area contributed by atoms with Crippen LogP contribution in [-0.4, -0.2) is 22.7 Å². The van der Waals surface area contributed by atoms with Crippen LogP contribution in [0, 0.1) is 6.92 Å². The molecular weight excluding hydrogens is 274 g/mol. The molecule has 0 aliphatic carbocycles. The van der Waals surface area contributed by atoms with Crippen LogP contribution >= 0.6 is 11.3 Å². The highest BCUT2D eigenvalue weighted by molar-refractivity contribution is 7.12. The van der Waals surface area contributed by atoms with Crippen molar-refractivity contribution in [3.8, 4) is 5.75 Å². The second-order valence-corrected chi connectivity index (χ2v) is 5.48. The molecule has 20 heavy (non-hydrogen) atoms. The van der Waals surface area contributed by atoms with Gasteiger partial charge in [0.15, 0.2) is 0 Å². The number of aromatic hydroxyl groups is 1. The van der Waals surface area contributed by atoms with E-state index in [1.54, 1.807) is 17.5 Å². The van der Waals surface area contributed by atoms with E-state index in [4.69, 9.17) is 5.11 Å². The molecule has 0 saturated heterocycles. The second-order valence-electron chi connectivity index (χ2n) is 4.57. The van der Waals surface area contributed by atoms with Crippen molar-refractivity contribution >= 4 is 23.0 Å². The summed E-state index contributed by atoms with van der Waals surface area (Å²) in [6.45, 7) is 5.24. The van der Waals surface area contributed by atoms with E-state index in [2.05, 4.69) is 4.90 Å². The van der Waals surface area contributed by atoms with E-state index in [9.17, 15) is 9.90 Å². The van der Waals surface area contributed by atoms with Gasteiger partial charge in [-0.25, -0.2) is 4.79 Å². The van der Waals surface area contributed by atoms with Gasteiger partial charge >= 0.3 is 5.97 Å². The number of hydrogen-bond acceptors (Lipinski definition) is 4. The van der Waals surface area contributed by atoms with E-state index in [0.717, 1.165) is 23.4 Å². The molecular formula is C15H17NO3S. The van der Waals surface area contributed by atoms with Crippen molar-refractivity contribution in [2.45, 2.75) is 20.4 Å². The zero-order chi connectivity index (χ0) is 14.7. The number of phenolic OH excluding ortho intramolecular Hbond substituents is 1. The van der Waals surface area contributed by atoms with Crippen molar-refractivity contribution in [1.82, 2.24) is 0 Å². The van der Waals surface area contributed by atoms with E-state index < -0.39 is 5.97 Å². The van der Waals surface area contributed by atoms with Crippen LogP contribution in [0.1, 0.15) is 27.7 Å². The first kappa shape index (κ1) is 14.4. The molecule has 0 radical (unpaired) electrons. The van der Waals surface area contributed by atoms with E-state index >= 15 is 0 Å². The molecule has 1 heterocycles. The highest BCUT2D eigenvalue weighted by Gasteiger charge is 2.16. The zero-order valence-corrected chi connectivity index (χ0v) is 12.3.